The van der Waals surface area contributed by atoms with Crippen molar-refractivity contribution in [3.63, 3.8) is 0 Å². The van der Waals surface area contributed by atoms with Crippen molar-refractivity contribution in [2.24, 2.45) is 5.73 Å². The molecule has 2 rings (SSSR count). The summed E-state index contributed by atoms with van der Waals surface area (Å²) in [5.74, 6) is 0. The van der Waals surface area contributed by atoms with Gasteiger partial charge in [-0.25, -0.2) is 0 Å². The Morgan fingerprint density at radius 2 is 1.94 bits per heavy atom. The van der Waals surface area contributed by atoms with Crippen LogP contribution in [0.15, 0.2) is 41.3 Å². The Morgan fingerprint density at radius 1 is 1.29 bits per heavy atom. The lowest BCUT2D eigenvalue weighted by Crippen LogP contribution is -2.35. The summed E-state index contributed by atoms with van der Waals surface area (Å²) in [4.78, 5) is 1.30. The van der Waals surface area contributed by atoms with Crippen LogP contribution in [0.3, 0.4) is 0 Å². The summed E-state index contributed by atoms with van der Waals surface area (Å²) in [7, 11) is 0. The lowest BCUT2D eigenvalue weighted by Gasteiger charge is -2.22. The van der Waals surface area contributed by atoms with E-state index in [0.717, 1.165) is 12.8 Å². The van der Waals surface area contributed by atoms with Crippen molar-refractivity contribution in [1.82, 2.24) is 5.32 Å². The lowest BCUT2D eigenvalue weighted by molar-refractivity contribution is 0.453. The van der Waals surface area contributed by atoms with Gasteiger partial charge in [-0.1, -0.05) is 24.3 Å². The molecule has 1 aliphatic carbocycles. The van der Waals surface area contributed by atoms with E-state index in [4.69, 9.17) is 5.73 Å². The van der Waals surface area contributed by atoms with E-state index in [1.807, 2.05) is 0 Å². The lowest BCUT2D eigenvalue weighted by atomic mass is 10.1. The molecule has 92 valence electrons. The molecule has 0 aliphatic heterocycles. The zero-order chi connectivity index (χ0) is 12.1. The second kappa shape index (κ2) is 6.24. The average molecular weight is 248 g/mol. The van der Waals surface area contributed by atoms with E-state index >= 15 is 0 Å². The number of nitrogens with two attached hydrogens (primary N) is 1. The SMILES string of the molecule is CSc1ccc(C(CN)NC2CC=CC2)cc1. The van der Waals surface area contributed by atoms with Crippen LogP contribution >= 0.6 is 11.8 Å². The fourth-order valence-corrected chi connectivity index (χ4v) is 2.58. The summed E-state index contributed by atoms with van der Waals surface area (Å²) in [5.41, 5.74) is 7.15. The fourth-order valence-electron chi connectivity index (χ4n) is 2.17. The number of benzene rings is 1. The quantitative estimate of drug-likeness (QED) is 0.621. The molecular formula is C14H20N2S. The van der Waals surface area contributed by atoms with E-state index in [2.05, 4.69) is 48.0 Å². The van der Waals surface area contributed by atoms with Gasteiger partial charge in [-0.15, -0.1) is 11.8 Å². The Hall–Kier alpha value is -0.770. The van der Waals surface area contributed by atoms with Crippen LogP contribution < -0.4 is 11.1 Å². The summed E-state index contributed by atoms with van der Waals surface area (Å²) in [6.45, 7) is 0.648. The first-order valence-electron chi connectivity index (χ1n) is 6.08. The molecule has 0 saturated heterocycles. The predicted molar refractivity (Wildman–Crippen MR) is 75.3 cm³/mol. The molecule has 1 aromatic rings. The van der Waals surface area contributed by atoms with Gasteiger partial charge in [0.25, 0.3) is 0 Å². The number of nitrogens with one attached hydrogen (secondary N) is 1. The van der Waals surface area contributed by atoms with Crippen molar-refractivity contribution in [1.29, 1.82) is 0 Å². The Morgan fingerprint density at radius 3 is 2.47 bits per heavy atom. The second-order valence-electron chi connectivity index (χ2n) is 4.37. The fraction of sp³-hybridized carbons (Fsp3) is 0.429. The zero-order valence-electron chi connectivity index (χ0n) is 10.2. The van der Waals surface area contributed by atoms with Gasteiger partial charge in [0.05, 0.1) is 0 Å². The molecule has 0 radical (unpaired) electrons. The molecule has 0 fully saturated rings. The highest BCUT2D eigenvalue weighted by atomic mass is 32.2. The zero-order valence-corrected chi connectivity index (χ0v) is 11.0. The Balaban J connectivity index is 2.00. The van der Waals surface area contributed by atoms with Crippen LogP contribution in [-0.4, -0.2) is 18.8 Å². The highest BCUT2D eigenvalue weighted by Crippen LogP contribution is 2.20. The molecule has 0 bridgehead atoms. The third-order valence-corrected chi connectivity index (χ3v) is 3.94. The van der Waals surface area contributed by atoms with Crippen molar-refractivity contribution in [2.75, 3.05) is 12.8 Å². The first kappa shape index (κ1) is 12.7. The van der Waals surface area contributed by atoms with Gasteiger partial charge in [-0.3, -0.25) is 0 Å². The van der Waals surface area contributed by atoms with Crippen LogP contribution in [0.25, 0.3) is 0 Å². The van der Waals surface area contributed by atoms with Gasteiger partial charge in [0.15, 0.2) is 0 Å². The summed E-state index contributed by atoms with van der Waals surface area (Å²) < 4.78 is 0. The monoisotopic (exact) mass is 248 g/mol. The molecule has 2 nitrogen and oxygen atoms in total. The third-order valence-electron chi connectivity index (χ3n) is 3.20. The van der Waals surface area contributed by atoms with E-state index < -0.39 is 0 Å². The van der Waals surface area contributed by atoms with Gasteiger partial charge in [0.2, 0.25) is 0 Å². The van der Waals surface area contributed by atoms with Gasteiger partial charge >= 0.3 is 0 Å². The predicted octanol–water partition coefficient (Wildman–Crippen LogP) is 2.72. The smallest absolute Gasteiger partial charge is 0.0446 e. The Bertz CT molecular complexity index is 364. The number of hydrogen-bond donors (Lipinski definition) is 2. The Labute approximate surface area is 108 Å². The van der Waals surface area contributed by atoms with E-state index in [9.17, 15) is 0 Å². The standard InChI is InChI=1S/C14H20N2S/c1-17-13-8-6-11(7-9-13)14(10-15)16-12-4-2-3-5-12/h2-3,6-9,12,14,16H,4-5,10,15H2,1H3. The van der Waals surface area contributed by atoms with Crippen molar-refractivity contribution in [3.8, 4) is 0 Å². The molecule has 3 heteroatoms. The summed E-state index contributed by atoms with van der Waals surface area (Å²) >= 11 is 1.77. The minimum Gasteiger partial charge on any atom is -0.329 e. The van der Waals surface area contributed by atoms with Crippen LogP contribution in [0.2, 0.25) is 0 Å². The Kier molecular flexibility index (Phi) is 4.66. The summed E-state index contributed by atoms with van der Waals surface area (Å²) in [5, 5.41) is 3.63. The van der Waals surface area contributed by atoms with Gasteiger partial charge in [0.1, 0.15) is 0 Å². The molecular weight excluding hydrogens is 228 g/mol. The highest BCUT2D eigenvalue weighted by molar-refractivity contribution is 7.98. The molecule has 3 N–H and O–H groups in total. The van der Waals surface area contributed by atoms with E-state index in [1.54, 1.807) is 11.8 Å². The molecule has 1 atom stereocenters. The maximum Gasteiger partial charge on any atom is 0.0446 e. The van der Waals surface area contributed by atoms with Crippen LogP contribution in [0.5, 0.6) is 0 Å². The van der Waals surface area contributed by atoms with Crippen molar-refractivity contribution in [3.05, 3.63) is 42.0 Å². The molecule has 0 saturated carbocycles. The van der Waals surface area contributed by atoms with Gasteiger partial charge < -0.3 is 11.1 Å². The maximum absolute atomic E-state index is 5.87. The molecule has 0 heterocycles. The minimum absolute atomic E-state index is 0.274. The number of rotatable bonds is 5. The molecule has 17 heavy (non-hydrogen) atoms. The molecule has 1 aromatic carbocycles. The van der Waals surface area contributed by atoms with E-state index in [1.165, 1.54) is 10.5 Å². The minimum atomic E-state index is 0.274. The number of thioether (sulfide) groups is 1. The molecule has 1 unspecified atom stereocenters. The molecule has 0 spiro atoms. The largest absolute Gasteiger partial charge is 0.329 e. The molecule has 1 aliphatic rings. The van der Waals surface area contributed by atoms with E-state index in [0.29, 0.717) is 12.6 Å². The van der Waals surface area contributed by atoms with Gasteiger partial charge in [-0.05, 0) is 36.8 Å². The second-order valence-corrected chi connectivity index (χ2v) is 5.25. The van der Waals surface area contributed by atoms with Crippen LogP contribution in [-0.2, 0) is 0 Å². The molecule has 0 aromatic heterocycles. The van der Waals surface area contributed by atoms with Crippen LogP contribution in [0.1, 0.15) is 24.4 Å². The number of hydrogen-bond acceptors (Lipinski definition) is 3. The topological polar surface area (TPSA) is 38.0 Å². The van der Waals surface area contributed by atoms with E-state index in [-0.39, 0.29) is 6.04 Å². The van der Waals surface area contributed by atoms with Crippen LogP contribution in [0, 0.1) is 0 Å². The maximum atomic E-state index is 5.87. The normalized spacial score (nSPS) is 17.5. The average Bonchev–Trinajstić information content (AvgIpc) is 2.89. The van der Waals surface area contributed by atoms with Gasteiger partial charge in [-0.2, -0.15) is 0 Å². The first-order chi connectivity index (χ1) is 8.33. The van der Waals surface area contributed by atoms with Crippen molar-refractivity contribution >= 4 is 11.8 Å². The van der Waals surface area contributed by atoms with Crippen molar-refractivity contribution in [2.45, 2.75) is 29.8 Å². The van der Waals surface area contributed by atoms with Gasteiger partial charge in [0, 0.05) is 23.5 Å². The molecule has 0 amide bonds. The highest BCUT2D eigenvalue weighted by Gasteiger charge is 2.16. The van der Waals surface area contributed by atoms with Crippen LogP contribution in [0.4, 0.5) is 0 Å². The van der Waals surface area contributed by atoms with Crippen molar-refractivity contribution < 1.29 is 0 Å². The summed E-state index contributed by atoms with van der Waals surface area (Å²) in [6.07, 6.45) is 8.82. The first-order valence-corrected chi connectivity index (χ1v) is 7.31. The third kappa shape index (κ3) is 3.35. The summed E-state index contributed by atoms with van der Waals surface area (Å²) in [6, 6.07) is 9.52.